The number of esters is 2. The first-order chi connectivity index (χ1) is 13.0. The minimum atomic E-state index is -0.874. The summed E-state index contributed by atoms with van der Waals surface area (Å²) in [6.07, 6.45) is 0. The summed E-state index contributed by atoms with van der Waals surface area (Å²) in [7, 11) is 2.65. The number of morpholine rings is 1. The number of carbonyl (C=O) groups excluding carboxylic acids is 2. The molecular weight excluding hydrogens is 354 g/mol. The van der Waals surface area contributed by atoms with Gasteiger partial charge in [-0.15, -0.1) is 0 Å². The Morgan fingerprint density at radius 3 is 2.63 bits per heavy atom. The van der Waals surface area contributed by atoms with Crippen LogP contribution >= 0.6 is 0 Å². The predicted octanol–water partition coefficient (Wildman–Crippen LogP) is 0.447. The summed E-state index contributed by atoms with van der Waals surface area (Å²) in [5.41, 5.74) is -0.786. The molecule has 0 bridgehead atoms. The predicted molar refractivity (Wildman–Crippen MR) is 93.8 cm³/mol. The molecule has 1 aromatic heterocycles. The molecule has 1 atom stereocenters. The average molecular weight is 373 g/mol. The summed E-state index contributed by atoms with van der Waals surface area (Å²) in [5, 5.41) is 3.17. The molecule has 0 aliphatic carbocycles. The summed E-state index contributed by atoms with van der Waals surface area (Å²) < 4.78 is 16.5. The number of nitrogens with one attached hydrogen (secondary N) is 1. The van der Waals surface area contributed by atoms with Crippen LogP contribution in [0.25, 0.3) is 0 Å². The Balaban J connectivity index is 2.04. The summed E-state index contributed by atoms with van der Waals surface area (Å²) >= 11 is 0. The van der Waals surface area contributed by atoms with Crippen LogP contribution in [-0.4, -0.2) is 48.4 Å². The number of ether oxygens (including phenoxy) is 3. The largest absolute Gasteiger partial charge is 0.464 e. The second-order valence-electron chi connectivity index (χ2n) is 5.84. The molecule has 9 nitrogen and oxygen atoms in total. The molecule has 0 radical (unpaired) electrons. The van der Waals surface area contributed by atoms with Crippen LogP contribution in [0, 0.1) is 0 Å². The van der Waals surface area contributed by atoms with E-state index in [2.05, 4.69) is 10.3 Å². The fraction of sp³-hybridized carbons (Fsp3) is 0.333. The Labute approximate surface area is 154 Å². The van der Waals surface area contributed by atoms with Crippen LogP contribution in [0.4, 0.5) is 0 Å². The van der Waals surface area contributed by atoms with Gasteiger partial charge in [0.05, 0.1) is 31.9 Å². The van der Waals surface area contributed by atoms with Crippen LogP contribution in [-0.2, 0) is 16.5 Å². The lowest BCUT2D eigenvalue weighted by molar-refractivity contribution is 0.0576. The molecule has 1 fully saturated rings. The summed E-state index contributed by atoms with van der Waals surface area (Å²) in [5.74, 6) is -1.83. The van der Waals surface area contributed by atoms with Crippen molar-refractivity contribution < 1.29 is 23.8 Å². The Kier molecular flexibility index (Phi) is 5.63. The van der Waals surface area contributed by atoms with Gasteiger partial charge in [0.25, 0.3) is 5.56 Å². The zero-order chi connectivity index (χ0) is 19.4. The Morgan fingerprint density at radius 2 is 2.00 bits per heavy atom. The normalized spacial score (nSPS) is 16.6. The summed E-state index contributed by atoms with van der Waals surface area (Å²) in [6.45, 7) is 1.42. The summed E-state index contributed by atoms with van der Waals surface area (Å²) in [6, 6.07) is 7.76. The van der Waals surface area contributed by atoms with Gasteiger partial charge in [-0.2, -0.15) is 0 Å². The van der Waals surface area contributed by atoms with Crippen molar-refractivity contribution in [1.82, 2.24) is 14.9 Å². The maximum absolute atomic E-state index is 12.8. The van der Waals surface area contributed by atoms with Crippen LogP contribution in [0.2, 0.25) is 0 Å². The van der Waals surface area contributed by atoms with Crippen LogP contribution in [0.5, 0.6) is 5.75 Å². The van der Waals surface area contributed by atoms with Gasteiger partial charge in [-0.05, 0) is 12.1 Å². The molecule has 1 aliphatic heterocycles. The molecule has 1 saturated heterocycles. The lowest BCUT2D eigenvalue weighted by Gasteiger charge is -2.25. The SMILES string of the molecule is COC(=O)c1nc(C2COCCN2)n(C)c(=O)c1OC(=O)c1ccccc1. The molecule has 0 amide bonds. The molecule has 1 aliphatic rings. The standard InChI is InChI=1S/C18H19N3O6/c1-21-15(12-10-26-9-8-19-12)20-13(18(24)25-2)14(16(21)22)27-17(23)11-6-4-3-5-7-11/h3-7,12,19H,8-10H2,1-2H3. The number of hydrogen-bond donors (Lipinski definition) is 1. The topological polar surface area (TPSA) is 109 Å². The Hall–Kier alpha value is -3.04. The number of hydrogen-bond acceptors (Lipinski definition) is 8. The van der Waals surface area contributed by atoms with E-state index in [-0.39, 0.29) is 17.3 Å². The molecule has 9 heteroatoms. The van der Waals surface area contributed by atoms with Gasteiger partial charge in [-0.25, -0.2) is 14.6 Å². The van der Waals surface area contributed by atoms with Gasteiger partial charge in [0.15, 0.2) is 5.69 Å². The lowest BCUT2D eigenvalue weighted by Crippen LogP contribution is -2.40. The number of aromatic nitrogens is 2. The molecule has 27 heavy (non-hydrogen) atoms. The fourth-order valence-electron chi connectivity index (χ4n) is 2.69. The zero-order valence-corrected chi connectivity index (χ0v) is 14.9. The molecular formula is C18H19N3O6. The molecule has 3 rings (SSSR count). The lowest BCUT2D eigenvalue weighted by atomic mass is 10.2. The molecule has 2 heterocycles. The number of methoxy groups -OCH3 is 1. The first-order valence-electron chi connectivity index (χ1n) is 8.30. The molecule has 1 unspecified atom stereocenters. The maximum atomic E-state index is 12.8. The minimum absolute atomic E-state index is 0.238. The van der Waals surface area contributed by atoms with Gasteiger partial charge in [0, 0.05) is 13.6 Å². The van der Waals surface area contributed by atoms with Gasteiger partial charge >= 0.3 is 11.9 Å². The van der Waals surface area contributed by atoms with Gasteiger partial charge in [0.2, 0.25) is 5.75 Å². The molecule has 2 aromatic rings. The van der Waals surface area contributed by atoms with Crippen molar-refractivity contribution >= 4 is 11.9 Å². The van der Waals surface area contributed by atoms with E-state index < -0.39 is 23.2 Å². The highest BCUT2D eigenvalue weighted by Gasteiger charge is 2.28. The number of nitrogens with zero attached hydrogens (tertiary/aromatic N) is 2. The maximum Gasteiger partial charge on any atom is 0.360 e. The Bertz CT molecular complexity index is 903. The summed E-state index contributed by atoms with van der Waals surface area (Å²) in [4.78, 5) is 41.6. The van der Waals surface area contributed by atoms with E-state index in [0.717, 1.165) is 7.11 Å². The van der Waals surface area contributed by atoms with E-state index in [1.807, 2.05) is 0 Å². The van der Waals surface area contributed by atoms with Gasteiger partial charge in [-0.1, -0.05) is 18.2 Å². The van der Waals surface area contributed by atoms with Crippen molar-refractivity contribution in [2.24, 2.45) is 7.05 Å². The van der Waals surface area contributed by atoms with Crippen molar-refractivity contribution in [3.8, 4) is 5.75 Å². The minimum Gasteiger partial charge on any atom is -0.464 e. The highest BCUT2D eigenvalue weighted by molar-refractivity contribution is 5.94. The van der Waals surface area contributed by atoms with E-state index in [9.17, 15) is 14.4 Å². The van der Waals surface area contributed by atoms with Gasteiger partial charge in [0.1, 0.15) is 5.82 Å². The average Bonchev–Trinajstić information content (AvgIpc) is 2.72. The zero-order valence-electron chi connectivity index (χ0n) is 14.9. The quantitative estimate of drug-likeness (QED) is 0.770. The van der Waals surface area contributed by atoms with Crippen molar-refractivity contribution in [2.75, 3.05) is 26.9 Å². The number of rotatable bonds is 4. The van der Waals surface area contributed by atoms with Crippen molar-refractivity contribution in [2.45, 2.75) is 6.04 Å². The monoisotopic (exact) mass is 373 g/mol. The number of benzene rings is 1. The smallest absolute Gasteiger partial charge is 0.360 e. The Morgan fingerprint density at radius 1 is 1.26 bits per heavy atom. The second-order valence-corrected chi connectivity index (χ2v) is 5.84. The van der Waals surface area contributed by atoms with E-state index in [4.69, 9.17) is 14.2 Å². The fourth-order valence-corrected chi connectivity index (χ4v) is 2.69. The first-order valence-corrected chi connectivity index (χ1v) is 8.30. The van der Waals surface area contributed by atoms with Gasteiger partial charge in [-0.3, -0.25) is 9.36 Å². The van der Waals surface area contributed by atoms with Gasteiger partial charge < -0.3 is 19.5 Å². The molecule has 1 N–H and O–H groups in total. The third-order valence-corrected chi connectivity index (χ3v) is 4.10. The highest BCUT2D eigenvalue weighted by Crippen LogP contribution is 2.19. The number of carbonyl (C=O) groups is 2. The van der Waals surface area contributed by atoms with Crippen molar-refractivity contribution in [3.05, 3.63) is 57.8 Å². The van der Waals surface area contributed by atoms with Crippen molar-refractivity contribution in [1.29, 1.82) is 0 Å². The highest BCUT2D eigenvalue weighted by atomic mass is 16.5. The van der Waals surface area contributed by atoms with E-state index in [1.165, 1.54) is 23.7 Å². The van der Waals surface area contributed by atoms with Crippen LogP contribution < -0.4 is 15.6 Å². The van der Waals surface area contributed by atoms with Crippen molar-refractivity contribution in [3.63, 3.8) is 0 Å². The van der Waals surface area contributed by atoms with E-state index in [1.54, 1.807) is 18.2 Å². The van der Waals surface area contributed by atoms with E-state index >= 15 is 0 Å². The molecule has 0 spiro atoms. The second kappa shape index (κ2) is 8.11. The molecule has 1 aromatic carbocycles. The third kappa shape index (κ3) is 3.88. The van der Waals surface area contributed by atoms with E-state index in [0.29, 0.717) is 25.6 Å². The van der Waals surface area contributed by atoms with Crippen LogP contribution in [0.1, 0.15) is 32.7 Å². The third-order valence-electron chi connectivity index (χ3n) is 4.10. The molecule has 0 saturated carbocycles. The molecule has 142 valence electrons. The van der Waals surface area contributed by atoms with Crippen LogP contribution in [0.3, 0.4) is 0 Å². The van der Waals surface area contributed by atoms with Crippen LogP contribution in [0.15, 0.2) is 35.1 Å². The first kappa shape index (κ1) is 18.7.